The Balaban J connectivity index is 0.00000288. The van der Waals surface area contributed by atoms with Gasteiger partial charge in [0.15, 0.2) is 0 Å². The molecule has 0 saturated heterocycles. The Morgan fingerprint density at radius 1 is 1.12 bits per heavy atom. The van der Waals surface area contributed by atoms with Gasteiger partial charge in [-0.05, 0) is 50.4 Å². The topological polar surface area (TPSA) is 46.3 Å². The van der Waals surface area contributed by atoms with Crippen LogP contribution in [0.15, 0.2) is 42.5 Å². The zero-order valence-corrected chi connectivity index (χ0v) is 15.9. The molecule has 0 aliphatic rings. The minimum atomic E-state index is 0. The lowest BCUT2D eigenvalue weighted by Crippen LogP contribution is -2.32. The maximum Gasteiger partial charge on any atom is 0.222 e. The number of nitrogens with zero attached hydrogens (tertiary/aromatic N) is 1. The Bertz CT molecular complexity index is 600. The second kappa shape index (κ2) is 11.2. The number of carbonyl (C=O) groups is 1. The molecular formula is C19H27ClN2OS. The van der Waals surface area contributed by atoms with E-state index in [1.165, 1.54) is 15.3 Å². The molecule has 0 saturated carbocycles. The molecule has 5 heteroatoms. The molecule has 2 N–H and O–H groups in total. The zero-order chi connectivity index (χ0) is 16.5. The van der Waals surface area contributed by atoms with E-state index in [1.54, 1.807) is 0 Å². The summed E-state index contributed by atoms with van der Waals surface area (Å²) in [5.41, 5.74) is 6.79. The number of rotatable bonds is 9. The molecule has 1 aromatic carbocycles. The molecule has 0 aliphatic heterocycles. The Morgan fingerprint density at radius 2 is 1.88 bits per heavy atom. The molecule has 3 nitrogen and oxygen atoms in total. The van der Waals surface area contributed by atoms with E-state index >= 15 is 0 Å². The highest BCUT2D eigenvalue weighted by atomic mass is 35.5. The van der Waals surface area contributed by atoms with Crippen LogP contribution in [0.3, 0.4) is 0 Å². The van der Waals surface area contributed by atoms with Crippen molar-refractivity contribution in [2.45, 2.75) is 39.2 Å². The highest BCUT2D eigenvalue weighted by molar-refractivity contribution is 7.11. The Kier molecular flexibility index (Phi) is 9.69. The maximum absolute atomic E-state index is 12.5. The molecule has 0 spiro atoms. The first-order valence-corrected chi connectivity index (χ1v) is 9.08. The molecule has 1 heterocycles. The molecular weight excluding hydrogens is 340 g/mol. The van der Waals surface area contributed by atoms with Gasteiger partial charge in [-0.1, -0.05) is 30.3 Å². The summed E-state index contributed by atoms with van der Waals surface area (Å²) in [6, 6.07) is 14.5. The molecule has 0 radical (unpaired) electrons. The van der Waals surface area contributed by atoms with Crippen LogP contribution in [0, 0.1) is 6.92 Å². The van der Waals surface area contributed by atoms with Crippen molar-refractivity contribution in [3.8, 4) is 0 Å². The number of hydrogen-bond acceptors (Lipinski definition) is 3. The van der Waals surface area contributed by atoms with Crippen LogP contribution in [0.5, 0.6) is 0 Å². The predicted molar refractivity (Wildman–Crippen MR) is 105 cm³/mol. The van der Waals surface area contributed by atoms with Crippen LogP contribution in [0.2, 0.25) is 0 Å². The predicted octanol–water partition coefficient (Wildman–Crippen LogP) is 4.18. The van der Waals surface area contributed by atoms with Crippen molar-refractivity contribution >= 4 is 29.7 Å². The van der Waals surface area contributed by atoms with Gasteiger partial charge in [0.25, 0.3) is 0 Å². The van der Waals surface area contributed by atoms with Gasteiger partial charge in [0.1, 0.15) is 0 Å². The Morgan fingerprint density at radius 3 is 2.50 bits per heavy atom. The van der Waals surface area contributed by atoms with E-state index in [-0.39, 0.29) is 18.3 Å². The SMILES string of the molecule is Cc1ccc(CCCC(=O)N(CCCN)Cc2ccccc2)s1.Cl. The van der Waals surface area contributed by atoms with Gasteiger partial charge >= 0.3 is 0 Å². The third-order valence-electron chi connectivity index (χ3n) is 3.81. The lowest BCUT2D eigenvalue weighted by molar-refractivity contribution is -0.132. The summed E-state index contributed by atoms with van der Waals surface area (Å²) < 4.78 is 0. The number of aryl methyl sites for hydroxylation is 2. The van der Waals surface area contributed by atoms with Crippen LogP contribution in [0.4, 0.5) is 0 Å². The van der Waals surface area contributed by atoms with Crippen LogP contribution in [-0.2, 0) is 17.8 Å². The average Bonchev–Trinajstić information content (AvgIpc) is 2.97. The maximum atomic E-state index is 12.5. The van der Waals surface area contributed by atoms with E-state index in [2.05, 4.69) is 31.2 Å². The largest absolute Gasteiger partial charge is 0.338 e. The normalized spacial score (nSPS) is 10.2. The quantitative estimate of drug-likeness (QED) is 0.723. The van der Waals surface area contributed by atoms with Gasteiger partial charge in [0.05, 0.1) is 0 Å². The molecule has 0 bridgehead atoms. The summed E-state index contributed by atoms with van der Waals surface area (Å²) >= 11 is 1.82. The van der Waals surface area contributed by atoms with Crippen molar-refractivity contribution in [3.63, 3.8) is 0 Å². The number of carbonyl (C=O) groups excluding carboxylic acids is 1. The first-order valence-electron chi connectivity index (χ1n) is 8.26. The van der Waals surface area contributed by atoms with Crippen LogP contribution >= 0.6 is 23.7 Å². The number of nitrogens with two attached hydrogens (primary N) is 1. The number of hydrogen-bond donors (Lipinski definition) is 1. The standard InChI is InChI=1S/C19H26N2OS.ClH/c1-16-11-12-18(23-16)9-5-10-19(22)21(14-6-13-20)15-17-7-3-2-4-8-17;/h2-4,7-8,11-12H,5-6,9-10,13-15,20H2,1H3;1H. The molecule has 2 rings (SSSR count). The van der Waals surface area contributed by atoms with Gasteiger partial charge in [-0.2, -0.15) is 0 Å². The smallest absolute Gasteiger partial charge is 0.222 e. The fourth-order valence-electron chi connectivity index (χ4n) is 2.57. The summed E-state index contributed by atoms with van der Waals surface area (Å²) in [5, 5.41) is 0. The molecule has 1 aromatic heterocycles. The van der Waals surface area contributed by atoms with Crippen molar-refractivity contribution in [3.05, 3.63) is 57.8 Å². The van der Waals surface area contributed by atoms with Crippen molar-refractivity contribution < 1.29 is 4.79 Å². The van der Waals surface area contributed by atoms with Crippen LogP contribution < -0.4 is 5.73 Å². The highest BCUT2D eigenvalue weighted by Crippen LogP contribution is 2.18. The second-order valence-corrected chi connectivity index (χ2v) is 7.18. The number of benzene rings is 1. The molecule has 132 valence electrons. The van der Waals surface area contributed by atoms with Gasteiger partial charge in [-0.3, -0.25) is 4.79 Å². The van der Waals surface area contributed by atoms with Crippen molar-refractivity contribution in [2.75, 3.05) is 13.1 Å². The lowest BCUT2D eigenvalue weighted by Gasteiger charge is -2.22. The van der Waals surface area contributed by atoms with Gasteiger partial charge in [0, 0.05) is 29.3 Å². The van der Waals surface area contributed by atoms with Crippen molar-refractivity contribution in [2.24, 2.45) is 5.73 Å². The third kappa shape index (κ3) is 7.04. The summed E-state index contributed by atoms with van der Waals surface area (Å²) in [4.78, 5) is 17.2. The van der Waals surface area contributed by atoms with Crippen LogP contribution in [-0.4, -0.2) is 23.9 Å². The summed E-state index contributed by atoms with van der Waals surface area (Å²) in [6.45, 7) is 4.15. The van der Waals surface area contributed by atoms with E-state index in [9.17, 15) is 4.79 Å². The van der Waals surface area contributed by atoms with Crippen LogP contribution in [0.1, 0.15) is 34.6 Å². The van der Waals surface area contributed by atoms with Crippen LogP contribution in [0.25, 0.3) is 0 Å². The number of thiophene rings is 1. The molecule has 0 atom stereocenters. The van der Waals surface area contributed by atoms with Gasteiger partial charge in [0.2, 0.25) is 5.91 Å². The Labute approximate surface area is 155 Å². The van der Waals surface area contributed by atoms with E-state index in [4.69, 9.17) is 5.73 Å². The van der Waals surface area contributed by atoms with Crippen molar-refractivity contribution in [1.29, 1.82) is 0 Å². The number of amides is 1. The lowest BCUT2D eigenvalue weighted by atomic mass is 10.1. The van der Waals surface area contributed by atoms with E-state index in [0.717, 1.165) is 25.8 Å². The van der Waals surface area contributed by atoms with Crippen molar-refractivity contribution in [1.82, 2.24) is 4.90 Å². The first kappa shape index (κ1) is 20.7. The second-order valence-electron chi connectivity index (χ2n) is 5.81. The minimum Gasteiger partial charge on any atom is -0.338 e. The van der Waals surface area contributed by atoms with Gasteiger partial charge < -0.3 is 10.6 Å². The molecule has 0 fully saturated rings. The number of halogens is 1. The highest BCUT2D eigenvalue weighted by Gasteiger charge is 2.13. The molecule has 1 amide bonds. The fourth-order valence-corrected chi connectivity index (χ4v) is 3.50. The van der Waals surface area contributed by atoms with Gasteiger partial charge in [-0.25, -0.2) is 0 Å². The summed E-state index contributed by atoms with van der Waals surface area (Å²) in [6.07, 6.45) is 3.35. The summed E-state index contributed by atoms with van der Waals surface area (Å²) in [5.74, 6) is 0.232. The van der Waals surface area contributed by atoms with E-state index in [1.807, 2.05) is 34.4 Å². The monoisotopic (exact) mass is 366 g/mol. The van der Waals surface area contributed by atoms with Gasteiger partial charge in [-0.15, -0.1) is 23.7 Å². The molecule has 2 aromatic rings. The first-order chi connectivity index (χ1) is 11.2. The van der Waals surface area contributed by atoms with E-state index < -0.39 is 0 Å². The minimum absolute atomic E-state index is 0. The third-order valence-corrected chi connectivity index (χ3v) is 4.87. The average molecular weight is 367 g/mol. The zero-order valence-electron chi connectivity index (χ0n) is 14.2. The Hall–Kier alpha value is -1.36. The molecule has 0 unspecified atom stereocenters. The summed E-state index contributed by atoms with van der Waals surface area (Å²) in [7, 11) is 0. The molecule has 0 aliphatic carbocycles. The van der Waals surface area contributed by atoms with E-state index in [0.29, 0.717) is 19.5 Å². The fraction of sp³-hybridized carbons (Fsp3) is 0.421. The molecule has 24 heavy (non-hydrogen) atoms.